The summed E-state index contributed by atoms with van der Waals surface area (Å²) in [6.07, 6.45) is 2.97. The van der Waals surface area contributed by atoms with Crippen molar-refractivity contribution < 1.29 is 4.79 Å². The van der Waals surface area contributed by atoms with Crippen molar-refractivity contribution in [2.45, 2.75) is 20.4 Å². The Labute approximate surface area is 157 Å². The highest BCUT2D eigenvalue weighted by molar-refractivity contribution is 6.31. The summed E-state index contributed by atoms with van der Waals surface area (Å²) in [7, 11) is 0. The molecule has 2 N–H and O–H groups in total. The number of anilines is 2. The highest BCUT2D eigenvalue weighted by atomic mass is 35.5. The van der Waals surface area contributed by atoms with E-state index in [1.807, 2.05) is 56.3 Å². The van der Waals surface area contributed by atoms with Crippen LogP contribution in [0.3, 0.4) is 0 Å². The lowest BCUT2D eigenvalue weighted by Crippen LogP contribution is -2.24. The van der Waals surface area contributed by atoms with E-state index in [0.717, 1.165) is 16.8 Å². The van der Waals surface area contributed by atoms with E-state index in [9.17, 15) is 4.79 Å². The number of carbonyl (C=O) groups is 1. The Hall–Kier alpha value is -2.92. The van der Waals surface area contributed by atoms with Crippen molar-refractivity contribution in [3.63, 3.8) is 0 Å². The third-order valence-corrected chi connectivity index (χ3v) is 4.31. The molecule has 0 fully saturated rings. The molecule has 0 aliphatic carbocycles. The maximum atomic E-state index is 12.2. The number of nitrogens with one attached hydrogen (secondary N) is 2. The van der Waals surface area contributed by atoms with Gasteiger partial charge in [-0.3, -0.25) is 4.79 Å². The molecule has 0 saturated heterocycles. The summed E-state index contributed by atoms with van der Waals surface area (Å²) >= 11 is 6.11. The molecule has 0 unspecified atom stereocenters. The normalized spacial score (nSPS) is 10.4. The van der Waals surface area contributed by atoms with Gasteiger partial charge in [0.2, 0.25) is 0 Å². The summed E-state index contributed by atoms with van der Waals surface area (Å²) in [4.78, 5) is 20.6. The minimum absolute atomic E-state index is 0.261. The van der Waals surface area contributed by atoms with E-state index in [2.05, 4.69) is 20.6 Å². The average molecular weight is 367 g/mol. The molecule has 5 nitrogen and oxygen atoms in total. The molecule has 0 aliphatic heterocycles. The van der Waals surface area contributed by atoms with Gasteiger partial charge in [-0.2, -0.15) is 0 Å². The predicted octanol–water partition coefficient (Wildman–Crippen LogP) is 4.42. The quantitative estimate of drug-likeness (QED) is 0.701. The van der Waals surface area contributed by atoms with Crippen LogP contribution in [0.1, 0.15) is 27.2 Å². The Morgan fingerprint density at radius 2 is 1.81 bits per heavy atom. The van der Waals surface area contributed by atoms with Crippen LogP contribution in [0.15, 0.2) is 54.9 Å². The lowest BCUT2D eigenvalue weighted by molar-refractivity contribution is 0.0945. The van der Waals surface area contributed by atoms with Gasteiger partial charge in [0.15, 0.2) is 0 Å². The van der Waals surface area contributed by atoms with E-state index < -0.39 is 0 Å². The van der Waals surface area contributed by atoms with Gasteiger partial charge in [0, 0.05) is 17.3 Å². The standard InChI is InChI=1S/C20H19ClN4O/c1-13-3-6-15(7-4-13)10-24-20(26)18-11-23-19(12-22-18)25-16-8-5-14(2)17(21)9-16/h3-9,11-12H,10H2,1-2H3,(H,23,25)(H,24,26). The van der Waals surface area contributed by atoms with Crippen LogP contribution in [0.5, 0.6) is 0 Å². The van der Waals surface area contributed by atoms with Crippen LogP contribution in [-0.4, -0.2) is 15.9 Å². The zero-order valence-electron chi connectivity index (χ0n) is 14.6. The first kappa shape index (κ1) is 17.9. The molecule has 0 aliphatic rings. The molecule has 26 heavy (non-hydrogen) atoms. The van der Waals surface area contributed by atoms with Gasteiger partial charge in [-0.1, -0.05) is 47.5 Å². The van der Waals surface area contributed by atoms with E-state index in [4.69, 9.17) is 11.6 Å². The van der Waals surface area contributed by atoms with Gasteiger partial charge in [-0.15, -0.1) is 0 Å². The topological polar surface area (TPSA) is 66.9 Å². The molecule has 1 heterocycles. The molecule has 0 radical (unpaired) electrons. The Balaban J connectivity index is 1.60. The molecule has 2 aromatic carbocycles. The molecule has 132 valence electrons. The Morgan fingerprint density at radius 1 is 1.04 bits per heavy atom. The molecule has 6 heteroatoms. The summed E-state index contributed by atoms with van der Waals surface area (Å²) in [6, 6.07) is 13.6. The van der Waals surface area contributed by atoms with Crippen molar-refractivity contribution in [2.75, 3.05) is 5.32 Å². The highest BCUT2D eigenvalue weighted by Gasteiger charge is 2.08. The van der Waals surface area contributed by atoms with Crippen molar-refractivity contribution in [3.8, 4) is 0 Å². The maximum Gasteiger partial charge on any atom is 0.271 e. The fraction of sp³-hybridized carbons (Fsp3) is 0.150. The number of rotatable bonds is 5. The van der Waals surface area contributed by atoms with Gasteiger partial charge in [0.05, 0.1) is 12.4 Å². The number of hydrogen-bond donors (Lipinski definition) is 2. The lowest BCUT2D eigenvalue weighted by atomic mass is 10.1. The summed E-state index contributed by atoms with van der Waals surface area (Å²) < 4.78 is 0. The fourth-order valence-corrected chi connectivity index (χ4v) is 2.49. The SMILES string of the molecule is Cc1ccc(CNC(=O)c2cnc(Nc3ccc(C)c(Cl)c3)cn2)cc1. The van der Waals surface area contributed by atoms with Crippen LogP contribution in [0, 0.1) is 13.8 Å². The number of nitrogens with zero attached hydrogens (tertiary/aromatic N) is 2. The lowest BCUT2D eigenvalue weighted by Gasteiger charge is -2.08. The van der Waals surface area contributed by atoms with Crippen molar-refractivity contribution in [2.24, 2.45) is 0 Å². The predicted molar refractivity (Wildman–Crippen MR) is 104 cm³/mol. The van der Waals surface area contributed by atoms with Gasteiger partial charge < -0.3 is 10.6 Å². The first-order valence-electron chi connectivity index (χ1n) is 8.20. The van der Waals surface area contributed by atoms with Gasteiger partial charge in [-0.05, 0) is 37.1 Å². The molecule has 3 aromatic rings. The number of hydrogen-bond acceptors (Lipinski definition) is 4. The molecule has 0 spiro atoms. The zero-order valence-corrected chi connectivity index (χ0v) is 15.3. The molecule has 0 atom stereocenters. The van der Waals surface area contributed by atoms with E-state index in [1.54, 1.807) is 0 Å². The number of aryl methyl sites for hydroxylation is 2. The third kappa shape index (κ3) is 4.58. The third-order valence-electron chi connectivity index (χ3n) is 3.90. The average Bonchev–Trinajstić information content (AvgIpc) is 2.65. The van der Waals surface area contributed by atoms with Crippen molar-refractivity contribution in [3.05, 3.63) is 82.3 Å². The minimum atomic E-state index is -0.261. The Morgan fingerprint density at radius 3 is 2.46 bits per heavy atom. The van der Waals surface area contributed by atoms with Crippen molar-refractivity contribution >= 4 is 29.0 Å². The van der Waals surface area contributed by atoms with Crippen LogP contribution < -0.4 is 10.6 Å². The summed E-state index contributed by atoms with van der Waals surface area (Å²) in [5.74, 6) is 0.281. The molecular weight excluding hydrogens is 348 g/mol. The maximum absolute atomic E-state index is 12.2. The second kappa shape index (κ2) is 7.97. The second-order valence-electron chi connectivity index (χ2n) is 6.04. The smallest absolute Gasteiger partial charge is 0.271 e. The number of aromatic nitrogens is 2. The van der Waals surface area contributed by atoms with Crippen LogP contribution in [0.25, 0.3) is 0 Å². The second-order valence-corrected chi connectivity index (χ2v) is 6.45. The summed E-state index contributed by atoms with van der Waals surface area (Å²) in [6.45, 7) is 4.41. The minimum Gasteiger partial charge on any atom is -0.347 e. The van der Waals surface area contributed by atoms with Gasteiger partial charge >= 0.3 is 0 Å². The van der Waals surface area contributed by atoms with E-state index in [1.165, 1.54) is 18.0 Å². The largest absolute Gasteiger partial charge is 0.347 e. The number of halogens is 1. The number of benzene rings is 2. The van der Waals surface area contributed by atoms with Crippen molar-refractivity contribution in [1.29, 1.82) is 0 Å². The summed E-state index contributed by atoms with van der Waals surface area (Å²) in [5, 5.41) is 6.63. The molecule has 0 saturated carbocycles. The Kier molecular flexibility index (Phi) is 5.49. The number of amides is 1. The van der Waals surface area contributed by atoms with E-state index >= 15 is 0 Å². The molecular formula is C20H19ClN4O. The van der Waals surface area contributed by atoms with Crippen LogP contribution in [0.2, 0.25) is 5.02 Å². The number of carbonyl (C=O) groups excluding carboxylic acids is 1. The molecule has 3 rings (SSSR count). The Bertz CT molecular complexity index is 908. The molecule has 1 aromatic heterocycles. The van der Waals surface area contributed by atoms with E-state index in [0.29, 0.717) is 17.4 Å². The molecule has 0 bridgehead atoms. The van der Waals surface area contributed by atoms with Gasteiger partial charge in [0.25, 0.3) is 5.91 Å². The zero-order chi connectivity index (χ0) is 18.5. The highest BCUT2D eigenvalue weighted by Crippen LogP contribution is 2.22. The van der Waals surface area contributed by atoms with Crippen LogP contribution in [-0.2, 0) is 6.54 Å². The van der Waals surface area contributed by atoms with Gasteiger partial charge in [-0.25, -0.2) is 9.97 Å². The first-order valence-corrected chi connectivity index (χ1v) is 8.58. The monoisotopic (exact) mass is 366 g/mol. The first-order chi connectivity index (χ1) is 12.5. The molecule has 1 amide bonds. The van der Waals surface area contributed by atoms with Crippen molar-refractivity contribution in [1.82, 2.24) is 15.3 Å². The summed E-state index contributed by atoms with van der Waals surface area (Å²) in [5.41, 5.74) is 4.30. The van der Waals surface area contributed by atoms with Crippen LogP contribution >= 0.6 is 11.6 Å². The fourth-order valence-electron chi connectivity index (χ4n) is 2.31. The van der Waals surface area contributed by atoms with Crippen LogP contribution in [0.4, 0.5) is 11.5 Å². The van der Waals surface area contributed by atoms with Gasteiger partial charge in [0.1, 0.15) is 11.5 Å². The van der Waals surface area contributed by atoms with E-state index in [-0.39, 0.29) is 11.6 Å².